The molecule has 0 unspecified atom stereocenters. The summed E-state index contributed by atoms with van der Waals surface area (Å²) in [7, 11) is -2.21. The number of nitrogens with one attached hydrogen (secondary N) is 1. The number of carbonyl (C=O) groups is 1. The maximum atomic E-state index is 12.0. The summed E-state index contributed by atoms with van der Waals surface area (Å²) in [6, 6.07) is 6.28. The molecule has 7 nitrogen and oxygen atoms in total. The van der Waals surface area contributed by atoms with Crippen LogP contribution in [0, 0.1) is 5.92 Å². The van der Waals surface area contributed by atoms with Crippen molar-refractivity contribution in [2.75, 3.05) is 20.0 Å². The Bertz CT molecular complexity index is 945. The monoisotopic (exact) mass is 412 g/mol. The van der Waals surface area contributed by atoms with E-state index in [9.17, 15) is 13.2 Å². The molecule has 0 atom stereocenters. The number of ether oxygens (including phenoxy) is 2. The fraction of sp³-hybridized carbons (Fsp3) is 0.333. The third kappa shape index (κ3) is 5.83. The number of halogens is 1. The molecule has 9 heteroatoms. The number of hydrogen-bond donors (Lipinski definition) is 1. The van der Waals surface area contributed by atoms with Gasteiger partial charge in [0.15, 0.2) is 0 Å². The lowest BCUT2D eigenvalue weighted by Gasteiger charge is -2.13. The van der Waals surface area contributed by atoms with E-state index in [1.807, 2.05) is 18.6 Å². The first-order valence-corrected chi connectivity index (χ1v) is 10.4. The summed E-state index contributed by atoms with van der Waals surface area (Å²) in [5.74, 6) is 0.325. The second-order valence-corrected chi connectivity index (χ2v) is 8.49. The van der Waals surface area contributed by atoms with Crippen molar-refractivity contribution in [3.8, 4) is 22.8 Å². The maximum absolute atomic E-state index is 12.0. The van der Waals surface area contributed by atoms with Gasteiger partial charge in [0.1, 0.15) is 10.8 Å². The average Bonchev–Trinajstić information content (AvgIpc) is 2.58. The molecule has 1 N–H and O–H groups in total. The van der Waals surface area contributed by atoms with Gasteiger partial charge in [0.2, 0.25) is 15.9 Å². The highest BCUT2D eigenvalue weighted by molar-refractivity contribution is 7.89. The quantitative estimate of drug-likeness (QED) is 0.750. The first-order valence-electron chi connectivity index (χ1n) is 8.09. The van der Waals surface area contributed by atoms with Crippen LogP contribution in [0.15, 0.2) is 30.5 Å². The molecule has 0 fully saturated rings. The summed E-state index contributed by atoms with van der Waals surface area (Å²) in [6.07, 6.45) is 2.50. The maximum Gasteiger partial charge on any atom is 0.264 e. The van der Waals surface area contributed by atoms with Crippen molar-refractivity contribution in [2.45, 2.75) is 13.8 Å². The normalized spacial score (nSPS) is 11.3. The van der Waals surface area contributed by atoms with Gasteiger partial charge in [0, 0.05) is 22.9 Å². The van der Waals surface area contributed by atoms with Gasteiger partial charge in [-0.2, -0.15) is 0 Å². The van der Waals surface area contributed by atoms with E-state index < -0.39 is 15.9 Å². The Morgan fingerprint density at radius 1 is 1.30 bits per heavy atom. The van der Waals surface area contributed by atoms with E-state index in [0.29, 0.717) is 40.3 Å². The SMILES string of the molecule is COc1cc(C(=O)NS(C)(=O)=O)ccc1-c1cnc(OCC(C)C)c(Cl)c1. The van der Waals surface area contributed by atoms with Crippen molar-refractivity contribution in [3.05, 3.63) is 41.0 Å². The van der Waals surface area contributed by atoms with Gasteiger partial charge in [-0.15, -0.1) is 0 Å². The van der Waals surface area contributed by atoms with E-state index in [4.69, 9.17) is 21.1 Å². The molecule has 0 saturated carbocycles. The zero-order chi connectivity index (χ0) is 20.2. The van der Waals surface area contributed by atoms with E-state index in [1.165, 1.54) is 19.2 Å². The first-order chi connectivity index (χ1) is 12.6. The third-order valence-corrected chi connectivity index (χ3v) is 4.24. The topological polar surface area (TPSA) is 94.6 Å². The highest BCUT2D eigenvalue weighted by Gasteiger charge is 2.16. The number of sulfonamides is 1. The Kier molecular flexibility index (Phi) is 6.67. The number of hydrogen-bond acceptors (Lipinski definition) is 6. The van der Waals surface area contributed by atoms with Crippen LogP contribution in [-0.4, -0.2) is 39.3 Å². The van der Waals surface area contributed by atoms with E-state index in [2.05, 4.69) is 4.98 Å². The molecular weight excluding hydrogens is 392 g/mol. The molecule has 27 heavy (non-hydrogen) atoms. The molecule has 0 bridgehead atoms. The first kappa shape index (κ1) is 21.0. The van der Waals surface area contributed by atoms with Gasteiger partial charge < -0.3 is 9.47 Å². The van der Waals surface area contributed by atoms with Crippen LogP contribution in [0.4, 0.5) is 0 Å². The summed E-state index contributed by atoms with van der Waals surface area (Å²) in [4.78, 5) is 16.2. The van der Waals surface area contributed by atoms with Gasteiger partial charge in [0.25, 0.3) is 5.91 Å². The van der Waals surface area contributed by atoms with Gasteiger partial charge >= 0.3 is 0 Å². The Morgan fingerprint density at radius 3 is 2.56 bits per heavy atom. The van der Waals surface area contributed by atoms with Crippen molar-refractivity contribution in [1.29, 1.82) is 0 Å². The minimum absolute atomic E-state index is 0.150. The number of benzene rings is 1. The van der Waals surface area contributed by atoms with E-state index in [0.717, 1.165) is 6.26 Å². The van der Waals surface area contributed by atoms with Gasteiger partial charge in [-0.05, 0) is 30.2 Å². The van der Waals surface area contributed by atoms with Crippen LogP contribution >= 0.6 is 11.6 Å². The summed E-state index contributed by atoms with van der Waals surface area (Å²) in [5, 5.41) is 0.356. The van der Waals surface area contributed by atoms with Gasteiger partial charge in [-0.1, -0.05) is 25.4 Å². The number of aromatic nitrogens is 1. The summed E-state index contributed by atoms with van der Waals surface area (Å²) in [6.45, 7) is 4.54. The molecule has 0 radical (unpaired) electrons. The number of amides is 1. The predicted octanol–water partition coefficient (Wildman–Crippen LogP) is 3.13. The molecule has 146 valence electrons. The Labute approximate surface area is 163 Å². The highest BCUT2D eigenvalue weighted by Crippen LogP contribution is 2.34. The van der Waals surface area contributed by atoms with E-state index in [1.54, 1.807) is 18.3 Å². The minimum Gasteiger partial charge on any atom is -0.496 e. The van der Waals surface area contributed by atoms with Crippen LogP contribution in [0.3, 0.4) is 0 Å². The van der Waals surface area contributed by atoms with Crippen molar-refractivity contribution in [1.82, 2.24) is 9.71 Å². The Balaban J connectivity index is 2.33. The molecule has 1 aromatic heterocycles. The number of pyridine rings is 1. The number of methoxy groups -OCH3 is 1. The third-order valence-electron chi connectivity index (χ3n) is 3.41. The Hall–Kier alpha value is -2.32. The highest BCUT2D eigenvalue weighted by atomic mass is 35.5. The van der Waals surface area contributed by atoms with Crippen molar-refractivity contribution < 1.29 is 22.7 Å². The average molecular weight is 413 g/mol. The fourth-order valence-electron chi connectivity index (χ4n) is 2.22. The molecule has 2 rings (SSSR count). The predicted molar refractivity (Wildman–Crippen MR) is 104 cm³/mol. The molecular formula is C18H21ClN2O5S. The van der Waals surface area contributed by atoms with Crippen LogP contribution < -0.4 is 14.2 Å². The second kappa shape index (κ2) is 8.58. The van der Waals surface area contributed by atoms with Crippen LogP contribution in [-0.2, 0) is 10.0 Å². The zero-order valence-electron chi connectivity index (χ0n) is 15.4. The lowest BCUT2D eigenvalue weighted by molar-refractivity contribution is 0.0981. The molecule has 1 amide bonds. The van der Waals surface area contributed by atoms with Crippen LogP contribution in [0.5, 0.6) is 11.6 Å². The molecule has 1 aromatic carbocycles. The van der Waals surface area contributed by atoms with E-state index >= 15 is 0 Å². The number of nitrogens with zero attached hydrogens (tertiary/aromatic N) is 1. The van der Waals surface area contributed by atoms with Crippen LogP contribution in [0.25, 0.3) is 11.1 Å². The lowest BCUT2D eigenvalue weighted by atomic mass is 10.0. The fourth-order valence-corrected chi connectivity index (χ4v) is 2.90. The summed E-state index contributed by atoms with van der Waals surface area (Å²) in [5.41, 5.74) is 1.47. The smallest absolute Gasteiger partial charge is 0.264 e. The molecule has 0 aliphatic heterocycles. The van der Waals surface area contributed by atoms with Crippen molar-refractivity contribution in [2.24, 2.45) is 5.92 Å². The molecule has 0 aliphatic carbocycles. The van der Waals surface area contributed by atoms with Crippen LogP contribution in [0.2, 0.25) is 5.02 Å². The Morgan fingerprint density at radius 2 is 2.00 bits per heavy atom. The standard InChI is InChI=1S/C18H21ClN2O5S/c1-11(2)10-26-18-15(19)7-13(9-20-18)14-6-5-12(8-16(14)25-3)17(22)21-27(4,23)24/h5-9,11H,10H2,1-4H3,(H,21,22). The lowest BCUT2D eigenvalue weighted by Crippen LogP contribution is -2.29. The van der Waals surface area contributed by atoms with E-state index in [-0.39, 0.29) is 5.56 Å². The summed E-state index contributed by atoms with van der Waals surface area (Å²) >= 11 is 6.25. The van der Waals surface area contributed by atoms with Crippen molar-refractivity contribution in [3.63, 3.8) is 0 Å². The molecule has 2 aromatic rings. The molecule has 0 aliphatic rings. The minimum atomic E-state index is -3.66. The van der Waals surface area contributed by atoms with Gasteiger partial charge in [-0.25, -0.2) is 18.1 Å². The molecule has 0 saturated heterocycles. The van der Waals surface area contributed by atoms with Crippen LogP contribution in [0.1, 0.15) is 24.2 Å². The second-order valence-electron chi connectivity index (χ2n) is 6.33. The summed E-state index contributed by atoms with van der Waals surface area (Å²) < 4.78 is 35.3. The van der Waals surface area contributed by atoms with Gasteiger partial charge in [-0.3, -0.25) is 4.79 Å². The number of carbonyl (C=O) groups excluding carboxylic acids is 1. The van der Waals surface area contributed by atoms with Gasteiger partial charge in [0.05, 0.1) is 20.0 Å². The largest absolute Gasteiger partial charge is 0.496 e. The molecule has 0 spiro atoms. The number of rotatable bonds is 7. The zero-order valence-corrected chi connectivity index (χ0v) is 17.0. The van der Waals surface area contributed by atoms with Crippen molar-refractivity contribution >= 4 is 27.5 Å². The molecule has 1 heterocycles.